The first kappa shape index (κ1) is 24.9. The monoisotopic (exact) mass is 496 g/mol. The Hall–Kier alpha value is -1.17. The topological polar surface area (TPSA) is 80.7 Å². The number of alkyl halides is 2. The van der Waals surface area contributed by atoms with Gasteiger partial charge in [-0.2, -0.15) is 0 Å². The van der Waals surface area contributed by atoms with Gasteiger partial charge in [0, 0.05) is 22.2 Å². The summed E-state index contributed by atoms with van der Waals surface area (Å²) in [7, 11) is 0. The minimum Gasteiger partial charge on any atom is -0.448 e. The van der Waals surface area contributed by atoms with Crippen LogP contribution in [0.5, 0.6) is 0 Å². The minimum absolute atomic E-state index is 0.0137. The quantitative estimate of drug-likeness (QED) is 0.447. The van der Waals surface area contributed by atoms with E-state index in [9.17, 15) is 19.5 Å². The first-order valence-corrected chi connectivity index (χ1v) is 12.7. The molecule has 7 heteroatoms. The van der Waals surface area contributed by atoms with Crippen LogP contribution in [0, 0.1) is 39.9 Å². The largest absolute Gasteiger partial charge is 0.448 e. The van der Waals surface area contributed by atoms with E-state index in [0.717, 1.165) is 12.0 Å². The molecule has 182 valence electrons. The maximum absolute atomic E-state index is 13.2. The van der Waals surface area contributed by atoms with Crippen LogP contribution in [0.3, 0.4) is 0 Å². The number of esters is 1. The van der Waals surface area contributed by atoms with E-state index >= 15 is 0 Å². The average molecular weight is 497 g/mol. The highest BCUT2D eigenvalue weighted by atomic mass is 35.5. The van der Waals surface area contributed by atoms with Crippen molar-refractivity contribution in [2.24, 2.45) is 39.9 Å². The van der Waals surface area contributed by atoms with Crippen molar-refractivity contribution in [3.63, 3.8) is 0 Å². The molecule has 4 rings (SSSR count). The number of hydrogen-bond donors (Lipinski definition) is 1. The lowest BCUT2D eigenvalue weighted by atomic mass is 9.38. The lowest BCUT2D eigenvalue weighted by molar-refractivity contribution is -0.221. The van der Waals surface area contributed by atoms with Crippen LogP contribution >= 0.6 is 23.2 Å². The van der Waals surface area contributed by atoms with Gasteiger partial charge in [-0.25, -0.2) is 4.79 Å². The highest BCUT2D eigenvalue weighted by Gasteiger charge is 2.75. The number of allylic oxidation sites excluding steroid dienone is 4. The summed E-state index contributed by atoms with van der Waals surface area (Å²) >= 11 is 11.6. The van der Waals surface area contributed by atoms with Gasteiger partial charge >= 0.3 is 5.97 Å². The number of carbonyl (C=O) groups excluding carboxylic acids is 3. The Balaban J connectivity index is 1.87. The molecular weight excluding hydrogens is 463 g/mol. The summed E-state index contributed by atoms with van der Waals surface area (Å²) in [5.74, 6) is -1.08. The summed E-state index contributed by atoms with van der Waals surface area (Å²) in [6.07, 6.45) is 6.34. The number of aliphatic hydroxyl groups excluding tert-OH is 1. The molecule has 5 nitrogen and oxygen atoms in total. The van der Waals surface area contributed by atoms with Crippen LogP contribution < -0.4 is 0 Å². The third kappa shape index (κ3) is 2.97. The zero-order valence-electron chi connectivity index (χ0n) is 20.2. The average Bonchev–Trinajstić information content (AvgIpc) is 2.93. The number of fused-ring (bicyclic) bond motifs is 5. The Morgan fingerprint density at radius 1 is 1.15 bits per heavy atom. The predicted molar refractivity (Wildman–Crippen MR) is 127 cm³/mol. The molecule has 4 aliphatic carbocycles. The molecule has 6 unspecified atom stereocenters. The minimum atomic E-state index is -1.41. The van der Waals surface area contributed by atoms with Crippen LogP contribution in [0.2, 0.25) is 0 Å². The standard InChI is InChI=1S/C26H34Cl2O5/c1-13-9-19-18-10-14(2)26(15(3)29,33-22(32)21(27)28)24(18,5)12-20(31)25(19,6)23(4)8-7-16(30)11-17(13)23/h7-8,11,13-14,18-21,31H,9-10,12H2,1-6H3/t13-,14?,18?,19?,20?,23?,24?,25+,26-/m0/s1. The normalized spacial score (nSPS) is 48.6. The number of rotatable bonds is 3. The molecule has 0 amide bonds. The van der Waals surface area contributed by atoms with Crippen molar-refractivity contribution >= 4 is 40.7 Å². The smallest absolute Gasteiger partial charge is 0.340 e. The molecule has 3 fully saturated rings. The van der Waals surface area contributed by atoms with Crippen molar-refractivity contribution in [1.29, 1.82) is 0 Å². The van der Waals surface area contributed by atoms with E-state index in [-0.39, 0.29) is 35.2 Å². The number of halogens is 2. The number of aliphatic hydroxyl groups is 1. The molecule has 0 radical (unpaired) electrons. The highest BCUT2D eigenvalue weighted by Crippen LogP contribution is 2.73. The van der Waals surface area contributed by atoms with Gasteiger partial charge in [0.05, 0.1) is 6.10 Å². The first-order chi connectivity index (χ1) is 15.2. The van der Waals surface area contributed by atoms with Gasteiger partial charge in [0.2, 0.25) is 4.84 Å². The fourth-order valence-corrected chi connectivity index (χ4v) is 8.65. The van der Waals surface area contributed by atoms with Crippen LogP contribution in [-0.4, -0.2) is 39.2 Å². The lowest BCUT2D eigenvalue weighted by Crippen LogP contribution is -2.67. The first-order valence-electron chi connectivity index (χ1n) is 11.8. The van der Waals surface area contributed by atoms with Crippen LogP contribution in [-0.2, 0) is 19.1 Å². The molecule has 3 saturated carbocycles. The molecule has 0 spiro atoms. The number of ether oxygens (including phenoxy) is 1. The summed E-state index contributed by atoms with van der Waals surface area (Å²) < 4.78 is 5.91. The van der Waals surface area contributed by atoms with E-state index in [1.807, 2.05) is 19.9 Å². The molecule has 4 aliphatic rings. The van der Waals surface area contributed by atoms with E-state index in [1.165, 1.54) is 6.92 Å². The van der Waals surface area contributed by atoms with Crippen molar-refractivity contribution in [3.05, 3.63) is 23.8 Å². The Labute approximate surface area is 205 Å². The lowest BCUT2D eigenvalue weighted by Gasteiger charge is -2.66. The van der Waals surface area contributed by atoms with Crippen LogP contribution in [0.25, 0.3) is 0 Å². The fraction of sp³-hybridized carbons (Fsp3) is 0.731. The molecule has 33 heavy (non-hydrogen) atoms. The molecule has 0 saturated heterocycles. The van der Waals surface area contributed by atoms with Gasteiger partial charge < -0.3 is 9.84 Å². The molecule has 0 bridgehead atoms. The van der Waals surface area contributed by atoms with Crippen LogP contribution in [0.1, 0.15) is 60.8 Å². The van der Waals surface area contributed by atoms with E-state index in [1.54, 1.807) is 12.2 Å². The number of ketones is 2. The highest BCUT2D eigenvalue weighted by molar-refractivity contribution is 6.53. The van der Waals surface area contributed by atoms with Crippen LogP contribution in [0.15, 0.2) is 23.8 Å². The molecular formula is C26H34Cl2O5. The van der Waals surface area contributed by atoms with Gasteiger partial charge in [0.15, 0.2) is 17.2 Å². The molecule has 0 aromatic carbocycles. The van der Waals surface area contributed by atoms with Crippen LogP contribution in [0.4, 0.5) is 0 Å². The van der Waals surface area contributed by atoms with Crippen molar-refractivity contribution in [1.82, 2.24) is 0 Å². The summed E-state index contributed by atoms with van der Waals surface area (Å²) in [6, 6.07) is 0. The second kappa shape index (κ2) is 7.66. The molecule has 0 aromatic rings. The Morgan fingerprint density at radius 2 is 1.79 bits per heavy atom. The van der Waals surface area contributed by atoms with Gasteiger partial charge in [0.25, 0.3) is 0 Å². The molecule has 0 aliphatic heterocycles. The Kier molecular flexibility index (Phi) is 5.79. The van der Waals surface area contributed by atoms with E-state index in [2.05, 4.69) is 20.8 Å². The van der Waals surface area contributed by atoms with E-state index in [4.69, 9.17) is 27.9 Å². The number of carbonyl (C=O) groups is 3. The summed E-state index contributed by atoms with van der Waals surface area (Å²) in [5, 5.41) is 11.8. The van der Waals surface area contributed by atoms with Gasteiger partial charge in [-0.05, 0) is 56.1 Å². The number of hydrogen-bond acceptors (Lipinski definition) is 5. The summed E-state index contributed by atoms with van der Waals surface area (Å²) in [4.78, 5) is 36.6. The van der Waals surface area contributed by atoms with E-state index < -0.39 is 38.8 Å². The van der Waals surface area contributed by atoms with Crippen molar-refractivity contribution in [2.75, 3.05) is 0 Å². The maximum Gasteiger partial charge on any atom is 0.340 e. The van der Waals surface area contributed by atoms with Gasteiger partial charge in [-0.15, -0.1) is 0 Å². The second-order valence-corrected chi connectivity index (χ2v) is 12.6. The third-order valence-corrected chi connectivity index (χ3v) is 10.6. The zero-order valence-corrected chi connectivity index (χ0v) is 21.7. The summed E-state index contributed by atoms with van der Waals surface area (Å²) in [6.45, 7) is 11.8. The van der Waals surface area contributed by atoms with Gasteiger partial charge in [-0.3, -0.25) is 9.59 Å². The zero-order chi connectivity index (χ0) is 24.7. The summed E-state index contributed by atoms with van der Waals surface area (Å²) in [5.41, 5.74) is -2.13. The molecule has 9 atom stereocenters. The third-order valence-electron chi connectivity index (χ3n) is 10.2. The molecule has 1 N–H and O–H groups in total. The maximum atomic E-state index is 13.2. The second-order valence-electron chi connectivity index (χ2n) is 11.5. The van der Waals surface area contributed by atoms with Crippen molar-refractivity contribution < 1.29 is 24.2 Å². The predicted octanol–water partition coefficient (Wildman–Crippen LogP) is 4.82. The van der Waals surface area contributed by atoms with Crippen molar-refractivity contribution in [3.8, 4) is 0 Å². The Morgan fingerprint density at radius 3 is 2.36 bits per heavy atom. The van der Waals surface area contributed by atoms with E-state index in [0.29, 0.717) is 12.8 Å². The van der Waals surface area contributed by atoms with Gasteiger partial charge in [-0.1, -0.05) is 69.5 Å². The van der Waals surface area contributed by atoms with Crippen molar-refractivity contribution in [2.45, 2.75) is 77.3 Å². The number of Topliss-reactive ketones (excluding diaryl/α,β-unsaturated/α-hetero) is 1. The fourth-order valence-electron chi connectivity index (χ4n) is 8.57. The SMILES string of the molecule is CC(=O)[C@@]1(OC(=O)C(Cl)Cl)C(C)CC2C3C[C@H](C)C4=CC(=O)C=CC4(C)[C@@]3(C)C(O)CC21C. The molecule has 0 heterocycles. The Bertz CT molecular complexity index is 972. The molecule has 0 aromatic heterocycles. The van der Waals surface area contributed by atoms with Gasteiger partial charge in [0.1, 0.15) is 0 Å².